The van der Waals surface area contributed by atoms with Crippen molar-refractivity contribution >= 4 is 0 Å². The summed E-state index contributed by atoms with van der Waals surface area (Å²) < 4.78 is 257. The molecule has 0 amide bonds. The first-order valence-corrected chi connectivity index (χ1v) is 6.76. The van der Waals surface area contributed by atoms with Gasteiger partial charge in [-0.2, -0.15) is 83.4 Å². The average molecular weight is 543 g/mol. The third kappa shape index (κ3) is 3.94. The molecule has 33 heavy (non-hydrogen) atoms. The van der Waals surface area contributed by atoms with Crippen LogP contribution in [0.25, 0.3) is 10.4 Å². The second-order valence-electron chi connectivity index (χ2n) is 5.71. The topological polar surface area (TPSA) is 48.8 Å². The van der Waals surface area contributed by atoms with Crippen LogP contribution in [-0.4, -0.2) is 59.9 Å². The Morgan fingerprint density at radius 3 is 1.03 bits per heavy atom. The molecule has 0 fully saturated rings. The summed E-state index contributed by atoms with van der Waals surface area (Å²) in [5.41, 5.74) is 7.51. The molecule has 0 saturated carbocycles. The molecule has 0 rings (SSSR count). The molecule has 1 atom stereocenters. The van der Waals surface area contributed by atoms with E-state index in [1.807, 2.05) is 0 Å². The second-order valence-corrected chi connectivity index (χ2v) is 5.71. The minimum Gasteiger partial charge on any atom is -0.234 e. The number of hydrogen-bond donors (Lipinski definition) is 0. The van der Waals surface area contributed by atoms with Crippen LogP contribution in [0, 0.1) is 0 Å². The van der Waals surface area contributed by atoms with Gasteiger partial charge in [-0.25, -0.2) is 4.39 Å². The lowest BCUT2D eigenvalue weighted by Gasteiger charge is -2.43. The highest BCUT2D eigenvalue weighted by Gasteiger charge is 2.96. The summed E-state index contributed by atoms with van der Waals surface area (Å²) in [7, 11) is 0. The molecule has 0 spiro atoms. The van der Waals surface area contributed by atoms with Crippen LogP contribution < -0.4 is 0 Å². The van der Waals surface area contributed by atoms with Gasteiger partial charge in [0.2, 0.25) is 6.17 Å². The minimum atomic E-state index is -9.04. The fourth-order valence-electron chi connectivity index (χ4n) is 1.66. The third-order valence-corrected chi connectivity index (χ3v) is 3.55. The van der Waals surface area contributed by atoms with Crippen LogP contribution in [-0.2, 0) is 0 Å². The maximum absolute atomic E-state index is 13.3. The third-order valence-electron chi connectivity index (χ3n) is 3.55. The monoisotopic (exact) mass is 543 g/mol. The Morgan fingerprint density at radius 2 is 0.758 bits per heavy atom. The molecule has 0 aromatic rings. The zero-order chi connectivity index (χ0) is 27.5. The summed E-state index contributed by atoms with van der Waals surface area (Å²) in [6, 6.07) is -6.54. The number of hydrogen-bond acceptors (Lipinski definition) is 1. The summed E-state index contributed by atoms with van der Waals surface area (Å²) in [6.07, 6.45) is -14.2. The highest BCUT2D eigenvalue weighted by atomic mass is 19.4. The van der Waals surface area contributed by atoms with E-state index in [0.717, 1.165) is 10.0 Å². The van der Waals surface area contributed by atoms with Gasteiger partial charge in [-0.15, -0.1) is 0 Å². The first-order chi connectivity index (χ1) is 14.0. The van der Waals surface area contributed by atoms with Gasteiger partial charge < -0.3 is 0 Å². The van der Waals surface area contributed by atoms with E-state index in [1.54, 1.807) is 0 Å². The Labute approximate surface area is 164 Å². The molecule has 0 heterocycles. The van der Waals surface area contributed by atoms with Crippen molar-refractivity contribution in [3.05, 3.63) is 10.4 Å². The van der Waals surface area contributed by atoms with Gasteiger partial charge in [-0.3, -0.25) is 0 Å². The zero-order valence-corrected chi connectivity index (χ0v) is 14.0. The molecule has 0 bridgehead atoms. The molecule has 0 aliphatic rings. The van der Waals surface area contributed by atoms with Gasteiger partial charge in [0.15, 0.2) is 0 Å². The maximum atomic E-state index is 13.3. The lowest BCUT2D eigenvalue weighted by atomic mass is 9.87. The van der Waals surface area contributed by atoms with Crippen molar-refractivity contribution in [2.24, 2.45) is 5.11 Å². The molecule has 0 aliphatic heterocycles. The van der Waals surface area contributed by atoms with Crippen molar-refractivity contribution in [1.82, 2.24) is 0 Å². The molecular formula is C10HF20N3. The molecule has 0 aliphatic carbocycles. The Hall–Kier alpha value is -2.09. The van der Waals surface area contributed by atoms with E-state index in [-0.39, 0.29) is 0 Å². The summed E-state index contributed by atoms with van der Waals surface area (Å²) in [5, 5.41) is 0.762. The van der Waals surface area contributed by atoms with Gasteiger partial charge >= 0.3 is 53.7 Å². The molecule has 1 unspecified atom stereocenters. The fourth-order valence-corrected chi connectivity index (χ4v) is 1.66. The van der Waals surface area contributed by atoms with Crippen molar-refractivity contribution in [1.29, 1.82) is 0 Å². The first kappa shape index (κ1) is 30.9. The number of azide groups is 1. The second kappa shape index (κ2) is 7.72. The van der Waals surface area contributed by atoms with Gasteiger partial charge in [-0.05, 0) is 10.6 Å². The molecule has 0 N–H and O–H groups in total. The van der Waals surface area contributed by atoms with Crippen LogP contribution in [0.2, 0.25) is 0 Å². The Kier molecular flexibility index (Phi) is 7.23. The molecule has 0 aromatic carbocycles. The molecule has 3 nitrogen and oxygen atoms in total. The number of halogens is 20. The van der Waals surface area contributed by atoms with Gasteiger partial charge in [-0.1, -0.05) is 0 Å². The van der Waals surface area contributed by atoms with E-state index >= 15 is 0 Å². The molecular weight excluding hydrogens is 542 g/mol. The predicted octanol–water partition coefficient (Wildman–Crippen LogP) is 7.24. The normalized spacial score (nSPS) is 17.0. The highest BCUT2D eigenvalue weighted by Crippen LogP contribution is 2.64. The summed E-state index contributed by atoms with van der Waals surface area (Å²) in [5.74, 6) is -60.9. The van der Waals surface area contributed by atoms with Crippen molar-refractivity contribution in [3.63, 3.8) is 0 Å². The molecule has 0 radical (unpaired) electrons. The van der Waals surface area contributed by atoms with Crippen molar-refractivity contribution in [2.45, 2.75) is 59.9 Å². The average Bonchev–Trinajstić information content (AvgIpc) is 2.58. The Morgan fingerprint density at radius 1 is 0.485 bits per heavy atom. The summed E-state index contributed by atoms with van der Waals surface area (Å²) >= 11 is 0. The van der Waals surface area contributed by atoms with E-state index in [4.69, 9.17) is 5.53 Å². The van der Waals surface area contributed by atoms with E-state index in [1.165, 1.54) is 0 Å². The Bertz CT molecular complexity index is 773. The molecule has 196 valence electrons. The van der Waals surface area contributed by atoms with Gasteiger partial charge in [0.1, 0.15) is 0 Å². The van der Waals surface area contributed by atoms with Crippen molar-refractivity contribution < 1.29 is 87.8 Å². The van der Waals surface area contributed by atoms with Crippen LogP contribution in [0.1, 0.15) is 0 Å². The van der Waals surface area contributed by atoms with Crippen LogP contribution in [0.4, 0.5) is 87.8 Å². The number of nitrogens with zero attached hydrogens (tertiary/aromatic N) is 3. The van der Waals surface area contributed by atoms with Crippen LogP contribution >= 0.6 is 0 Å². The van der Waals surface area contributed by atoms with Gasteiger partial charge in [0, 0.05) is 4.91 Å². The van der Waals surface area contributed by atoms with E-state index < -0.39 is 59.9 Å². The minimum absolute atomic E-state index is 0.762. The smallest absolute Gasteiger partial charge is 0.234 e. The largest absolute Gasteiger partial charge is 0.460 e. The van der Waals surface area contributed by atoms with Crippen molar-refractivity contribution in [3.8, 4) is 0 Å². The standard InChI is InChI=1S/C10HF20N3/c11-1(3(14,15)32-33-31)2(12,13)4(16,17)5(18,19)6(20,21)7(22,23)8(24,25)9(26,27)10(28,29)30/h1H. The lowest BCUT2D eigenvalue weighted by Crippen LogP contribution is -2.75. The van der Waals surface area contributed by atoms with Gasteiger partial charge in [0.05, 0.1) is 0 Å². The van der Waals surface area contributed by atoms with E-state index in [2.05, 4.69) is 0 Å². The SMILES string of the molecule is [N-]=[N+]=NC(F)(F)C(F)C(F)(F)C(F)(F)C(F)(F)C(F)(F)C(F)(F)C(F)(F)C(F)(F)C(F)(F)F. The zero-order valence-electron chi connectivity index (χ0n) is 14.0. The predicted molar refractivity (Wildman–Crippen MR) is 59.7 cm³/mol. The first-order valence-electron chi connectivity index (χ1n) is 6.76. The molecule has 23 heteroatoms. The van der Waals surface area contributed by atoms with Crippen molar-refractivity contribution in [2.75, 3.05) is 0 Å². The highest BCUT2D eigenvalue weighted by molar-refractivity contribution is 5.16. The quantitative estimate of drug-likeness (QED) is 0.0969. The van der Waals surface area contributed by atoms with Crippen LogP contribution in [0.3, 0.4) is 0 Å². The number of alkyl halides is 20. The summed E-state index contributed by atoms with van der Waals surface area (Å²) in [6.45, 7) is 0. The lowest BCUT2D eigenvalue weighted by molar-refractivity contribution is -0.464. The van der Waals surface area contributed by atoms with E-state index in [0.29, 0.717) is 0 Å². The summed E-state index contributed by atoms with van der Waals surface area (Å²) in [4.78, 5) is 0.869. The number of rotatable bonds is 9. The van der Waals surface area contributed by atoms with E-state index in [9.17, 15) is 87.8 Å². The van der Waals surface area contributed by atoms with Crippen LogP contribution in [0.5, 0.6) is 0 Å². The van der Waals surface area contributed by atoms with Gasteiger partial charge in [0.25, 0.3) is 0 Å². The fraction of sp³-hybridized carbons (Fsp3) is 1.00. The Balaban J connectivity index is 6.92. The van der Waals surface area contributed by atoms with Crippen LogP contribution in [0.15, 0.2) is 5.11 Å². The molecule has 0 saturated heterocycles. The maximum Gasteiger partial charge on any atom is 0.460 e. The molecule has 0 aromatic heterocycles.